The second-order valence-corrected chi connectivity index (χ2v) is 15.5. The van der Waals surface area contributed by atoms with Crippen LogP contribution in [0.4, 0.5) is 11.5 Å². The molecule has 3 rings (SSSR count). The maximum Gasteiger partial charge on any atom is 0.307 e. The van der Waals surface area contributed by atoms with Gasteiger partial charge in [-0.3, -0.25) is 9.59 Å². The van der Waals surface area contributed by atoms with Gasteiger partial charge in [-0.15, -0.1) is 12.4 Å². The Kier molecular flexibility index (Phi) is 16.3. The van der Waals surface area contributed by atoms with E-state index in [2.05, 4.69) is 28.5 Å². The maximum absolute atomic E-state index is 13.2. The molecule has 0 saturated heterocycles. The molecule has 0 fully saturated rings. The third-order valence-electron chi connectivity index (χ3n) is 7.17. The van der Waals surface area contributed by atoms with Crippen molar-refractivity contribution in [1.82, 2.24) is 19.6 Å². The van der Waals surface area contributed by atoms with Crippen LogP contribution in [0.3, 0.4) is 0 Å². The highest BCUT2D eigenvalue weighted by Gasteiger charge is 2.20. The minimum Gasteiger partial charge on any atom is -0.465 e. The van der Waals surface area contributed by atoms with Gasteiger partial charge in [-0.05, 0) is 32.4 Å². The first kappa shape index (κ1) is 40.1. The van der Waals surface area contributed by atoms with Gasteiger partial charge in [0.25, 0.3) is 0 Å². The van der Waals surface area contributed by atoms with Crippen molar-refractivity contribution in [2.45, 2.75) is 70.1 Å². The predicted octanol–water partition coefficient (Wildman–Crippen LogP) is 6.07. The van der Waals surface area contributed by atoms with Gasteiger partial charge < -0.3 is 20.3 Å². The number of benzene rings is 2. The van der Waals surface area contributed by atoms with Crippen LogP contribution in [0.1, 0.15) is 57.8 Å². The topological polar surface area (TPSA) is 148 Å². The summed E-state index contributed by atoms with van der Waals surface area (Å²) in [6.07, 6.45) is 4.70. The van der Waals surface area contributed by atoms with E-state index in [-0.39, 0.29) is 43.4 Å². The van der Waals surface area contributed by atoms with Crippen molar-refractivity contribution >= 4 is 78.7 Å². The fraction of sp³-hybridized carbons (Fsp3) is 0.438. The molecule has 258 valence electrons. The first-order chi connectivity index (χ1) is 21.9. The van der Waals surface area contributed by atoms with E-state index in [9.17, 15) is 18.0 Å². The molecule has 0 spiro atoms. The zero-order valence-electron chi connectivity index (χ0n) is 27.7. The van der Waals surface area contributed by atoms with E-state index in [1.807, 2.05) is 44.1 Å². The molecular weight excluding hydrogens is 680 g/mol. The Morgan fingerprint density at radius 1 is 1.15 bits per heavy atom. The van der Waals surface area contributed by atoms with Gasteiger partial charge in [0, 0.05) is 71.1 Å². The van der Waals surface area contributed by atoms with Crippen molar-refractivity contribution in [3.8, 4) is 0 Å². The Balaban J connectivity index is 0.00000768. The number of nitrogen functional groups attached to an aromatic ring is 1. The number of nitrogens with zero attached hydrogens (tertiary/aromatic N) is 4. The average Bonchev–Trinajstić information content (AvgIpc) is 3.01. The van der Waals surface area contributed by atoms with Crippen LogP contribution in [-0.2, 0) is 30.9 Å². The van der Waals surface area contributed by atoms with Crippen LogP contribution >= 0.6 is 34.0 Å². The third kappa shape index (κ3) is 11.6. The highest BCUT2D eigenvalue weighted by atomic mass is 35.5. The maximum atomic E-state index is 13.2. The predicted molar refractivity (Wildman–Crippen MR) is 196 cm³/mol. The zero-order chi connectivity index (χ0) is 33.9. The summed E-state index contributed by atoms with van der Waals surface area (Å²) in [5.41, 5.74) is 8.31. The zero-order valence-corrected chi connectivity index (χ0v) is 31.0. The number of nitrogens with two attached hydrogens (primary N) is 1. The quantitative estimate of drug-likeness (QED) is 0.0895. The summed E-state index contributed by atoms with van der Waals surface area (Å²) in [6.45, 7) is 8.04. The largest absolute Gasteiger partial charge is 0.465 e. The van der Waals surface area contributed by atoms with Gasteiger partial charge in [0.15, 0.2) is 0 Å². The number of amides is 1. The minimum atomic E-state index is -3.88. The lowest BCUT2D eigenvalue weighted by Crippen LogP contribution is -2.27. The molecule has 3 N–H and O–H groups in total. The molecule has 0 radical (unpaired) electrons. The van der Waals surface area contributed by atoms with Crippen molar-refractivity contribution in [1.29, 1.82) is 0 Å². The molecule has 0 aliphatic carbocycles. The number of allylic oxidation sites excluding steroid dienone is 1. The molecule has 0 saturated carbocycles. The molecule has 11 nitrogen and oxygen atoms in total. The molecule has 1 aromatic heterocycles. The van der Waals surface area contributed by atoms with Crippen LogP contribution in [0.15, 0.2) is 58.1 Å². The summed E-state index contributed by atoms with van der Waals surface area (Å²) in [4.78, 5) is 37.6. The Morgan fingerprint density at radius 2 is 1.85 bits per heavy atom. The SMILES string of the molecule is CCCC(C)SSC(CCOC(=O)CCNS(=O)(=O)c1cccc2c(N(C)C)cccc12)=C(C)N(C=O)Cc1cnc(C)nc1N.Cl. The van der Waals surface area contributed by atoms with Gasteiger partial charge >= 0.3 is 5.97 Å². The van der Waals surface area contributed by atoms with Gasteiger partial charge in [-0.25, -0.2) is 23.1 Å². The Morgan fingerprint density at radius 3 is 2.51 bits per heavy atom. The summed E-state index contributed by atoms with van der Waals surface area (Å²) in [5.74, 6) is 0.336. The molecule has 0 aliphatic heterocycles. The molecule has 0 aliphatic rings. The number of aryl methyl sites for hydroxylation is 1. The van der Waals surface area contributed by atoms with E-state index >= 15 is 0 Å². The van der Waals surface area contributed by atoms with Crippen molar-refractivity contribution in [2.24, 2.45) is 0 Å². The normalized spacial score (nSPS) is 12.6. The first-order valence-corrected chi connectivity index (χ1v) is 18.7. The van der Waals surface area contributed by atoms with Gasteiger partial charge in [0.05, 0.1) is 24.5 Å². The van der Waals surface area contributed by atoms with Gasteiger partial charge in [-0.1, -0.05) is 66.1 Å². The smallest absolute Gasteiger partial charge is 0.307 e. The van der Waals surface area contributed by atoms with Crippen molar-refractivity contribution in [3.05, 3.63) is 64.6 Å². The lowest BCUT2D eigenvalue weighted by Gasteiger charge is -2.23. The number of ether oxygens (including phenoxy) is 1. The number of carbonyl (C=O) groups excluding carboxylic acids is 2. The van der Waals surface area contributed by atoms with Crippen molar-refractivity contribution < 1.29 is 22.7 Å². The van der Waals surface area contributed by atoms with E-state index in [1.54, 1.807) is 57.8 Å². The monoisotopic (exact) mass is 724 g/mol. The van der Waals surface area contributed by atoms with Crippen molar-refractivity contribution in [2.75, 3.05) is 37.9 Å². The van der Waals surface area contributed by atoms with E-state index < -0.39 is 16.0 Å². The molecule has 1 atom stereocenters. The fourth-order valence-electron chi connectivity index (χ4n) is 4.67. The molecule has 1 unspecified atom stereocenters. The molecule has 3 aromatic rings. The number of nitrogens with one attached hydrogen (secondary N) is 1. The molecule has 2 aromatic carbocycles. The number of hydrogen-bond donors (Lipinski definition) is 2. The molecule has 0 bridgehead atoms. The molecule has 1 amide bonds. The summed E-state index contributed by atoms with van der Waals surface area (Å²) in [6, 6.07) is 10.7. The lowest BCUT2D eigenvalue weighted by atomic mass is 10.1. The highest BCUT2D eigenvalue weighted by molar-refractivity contribution is 8.78. The Hall–Kier alpha value is -3.04. The van der Waals surface area contributed by atoms with Crippen LogP contribution in [0.2, 0.25) is 0 Å². The molecule has 47 heavy (non-hydrogen) atoms. The van der Waals surface area contributed by atoms with Gasteiger partial charge in [0.2, 0.25) is 16.4 Å². The van der Waals surface area contributed by atoms with E-state index in [4.69, 9.17) is 10.5 Å². The number of aromatic nitrogens is 2. The Labute approximate surface area is 292 Å². The third-order valence-corrected chi connectivity index (χ3v) is 11.9. The molecule has 1 heterocycles. The number of anilines is 2. The molecule has 15 heteroatoms. The van der Waals surface area contributed by atoms with Crippen LogP contribution in [-0.4, -0.2) is 68.2 Å². The number of carbonyl (C=O) groups is 2. The number of rotatable bonds is 18. The standard InChI is InChI=1S/C32H44N6O5S3.ClH/c1-7-10-22(2)44-45-29(23(3)38(21-39)20-25-19-34-24(4)36-32(25)33)16-18-43-31(40)15-17-35-46(41,42)30-14-9-11-26-27(30)12-8-13-28(26)37(5)6;/h8-9,11-14,19,21-22,35H,7,10,15-18,20H2,1-6H3,(H2,33,34,36);1H. The lowest BCUT2D eigenvalue weighted by molar-refractivity contribution is -0.143. The van der Waals surface area contributed by atoms with Crippen molar-refractivity contribution in [3.63, 3.8) is 0 Å². The number of esters is 1. The minimum absolute atomic E-state index is 0. The number of fused-ring (bicyclic) bond motifs is 1. The van der Waals surface area contributed by atoms with Gasteiger partial charge in [0.1, 0.15) is 11.6 Å². The number of halogens is 1. The molecular formula is C32H45ClN6O5S3. The van der Waals surface area contributed by atoms with Crippen LogP contribution in [0.5, 0.6) is 0 Å². The highest BCUT2D eigenvalue weighted by Crippen LogP contribution is 2.39. The second-order valence-electron chi connectivity index (χ2n) is 11.0. The first-order valence-electron chi connectivity index (χ1n) is 15.0. The second kappa shape index (κ2) is 19.1. The average molecular weight is 725 g/mol. The van der Waals surface area contributed by atoms with E-state index in [0.717, 1.165) is 35.2 Å². The number of sulfonamides is 1. The summed E-state index contributed by atoms with van der Waals surface area (Å²) >= 11 is 0. The Bertz CT molecular complexity index is 1660. The van der Waals surface area contributed by atoms with E-state index in [1.165, 1.54) is 0 Å². The fourth-order valence-corrected chi connectivity index (χ4v) is 8.68. The van der Waals surface area contributed by atoms with Crippen LogP contribution < -0.4 is 15.4 Å². The van der Waals surface area contributed by atoms with Gasteiger partial charge in [-0.2, -0.15) is 0 Å². The van der Waals surface area contributed by atoms with E-state index in [0.29, 0.717) is 40.0 Å². The summed E-state index contributed by atoms with van der Waals surface area (Å²) in [7, 11) is 3.18. The van der Waals surface area contributed by atoms with Crippen LogP contribution in [0.25, 0.3) is 10.8 Å². The van der Waals surface area contributed by atoms with Crippen LogP contribution in [0, 0.1) is 6.92 Å². The summed E-state index contributed by atoms with van der Waals surface area (Å²) in [5, 5.41) is 1.80. The number of hydrogen-bond acceptors (Lipinski definition) is 11. The summed E-state index contributed by atoms with van der Waals surface area (Å²) < 4.78 is 34.4.